The van der Waals surface area contributed by atoms with Gasteiger partial charge in [0.05, 0.1) is 12.5 Å². The van der Waals surface area contributed by atoms with Crippen molar-refractivity contribution >= 4 is 11.0 Å². The molecule has 88 valence electrons. The summed E-state index contributed by atoms with van der Waals surface area (Å²) < 4.78 is 15.7. The Morgan fingerprint density at radius 1 is 1.41 bits per heavy atom. The molecule has 4 nitrogen and oxygen atoms in total. The molecule has 4 heteroatoms. The van der Waals surface area contributed by atoms with Crippen LogP contribution in [0.3, 0.4) is 0 Å². The van der Waals surface area contributed by atoms with E-state index in [1.165, 1.54) is 6.07 Å². The molecule has 0 amide bonds. The first-order valence-corrected chi connectivity index (χ1v) is 5.10. The second-order valence-electron chi connectivity index (χ2n) is 3.39. The molecule has 2 rings (SSSR count). The third kappa shape index (κ3) is 2.30. The SMILES string of the molecule is C=CCOc1cc(OC)c2ccc(=O)oc2c1. The van der Waals surface area contributed by atoms with Crippen molar-refractivity contribution < 1.29 is 13.9 Å². The summed E-state index contributed by atoms with van der Waals surface area (Å²) in [5.74, 6) is 1.17. The third-order valence-corrected chi connectivity index (χ3v) is 2.26. The van der Waals surface area contributed by atoms with Gasteiger partial charge in [-0.1, -0.05) is 12.7 Å². The zero-order chi connectivity index (χ0) is 12.3. The van der Waals surface area contributed by atoms with E-state index < -0.39 is 5.63 Å². The fourth-order valence-corrected chi connectivity index (χ4v) is 1.53. The Balaban J connectivity index is 2.58. The van der Waals surface area contributed by atoms with Gasteiger partial charge >= 0.3 is 5.63 Å². The minimum absolute atomic E-state index is 0.381. The van der Waals surface area contributed by atoms with Gasteiger partial charge in [0.2, 0.25) is 0 Å². The van der Waals surface area contributed by atoms with Crippen molar-refractivity contribution in [2.24, 2.45) is 0 Å². The standard InChI is InChI=1S/C13H12O4/c1-3-6-16-9-7-11(15-2)10-4-5-13(14)17-12(10)8-9/h3-5,7-8H,1,6H2,2H3. The van der Waals surface area contributed by atoms with Crippen molar-refractivity contribution in [1.82, 2.24) is 0 Å². The second-order valence-corrected chi connectivity index (χ2v) is 3.39. The minimum Gasteiger partial charge on any atom is -0.496 e. The number of benzene rings is 1. The van der Waals surface area contributed by atoms with Gasteiger partial charge in [-0.15, -0.1) is 0 Å². The maximum absolute atomic E-state index is 11.1. The van der Waals surface area contributed by atoms with Crippen LogP contribution >= 0.6 is 0 Å². The summed E-state index contributed by atoms with van der Waals surface area (Å²) in [6, 6.07) is 6.42. The summed E-state index contributed by atoms with van der Waals surface area (Å²) >= 11 is 0. The molecular formula is C13H12O4. The van der Waals surface area contributed by atoms with Crippen LogP contribution in [0.25, 0.3) is 11.0 Å². The van der Waals surface area contributed by atoms with Crippen LogP contribution in [-0.2, 0) is 0 Å². The summed E-state index contributed by atoms with van der Waals surface area (Å²) in [4.78, 5) is 11.1. The molecule has 0 fully saturated rings. The Morgan fingerprint density at radius 2 is 2.24 bits per heavy atom. The molecule has 0 aliphatic heterocycles. The van der Waals surface area contributed by atoms with Crippen LogP contribution in [-0.4, -0.2) is 13.7 Å². The van der Waals surface area contributed by atoms with Crippen LogP contribution in [0.1, 0.15) is 0 Å². The molecule has 0 saturated heterocycles. The Hall–Kier alpha value is -2.23. The number of rotatable bonds is 4. The number of hydrogen-bond acceptors (Lipinski definition) is 4. The quantitative estimate of drug-likeness (QED) is 0.599. The van der Waals surface area contributed by atoms with Gasteiger partial charge in [-0.3, -0.25) is 0 Å². The number of ether oxygens (including phenoxy) is 2. The summed E-state index contributed by atoms with van der Waals surface area (Å²) in [6.07, 6.45) is 1.64. The van der Waals surface area contributed by atoms with E-state index in [0.29, 0.717) is 23.7 Å². The molecule has 0 atom stereocenters. The Labute approximate surface area is 98.1 Å². The average Bonchev–Trinajstić information content (AvgIpc) is 2.34. The van der Waals surface area contributed by atoms with Gasteiger partial charge in [-0.05, 0) is 6.07 Å². The third-order valence-electron chi connectivity index (χ3n) is 2.26. The lowest BCUT2D eigenvalue weighted by Gasteiger charge is -2.08. The smallest absolute Gasteiger partial charge is 0.336 e. The van der Waals surface area contributed by atoms with Crippen LogP contribution in [0, 0.1) is 0 Å². The predicted octanol–water partition coefficient (Wildman–Crippen LogP) is 2.37. The highest BCUT2D eigenvalue weighted by Gasteiger charge is 2.07. The van der Waals surface area contributed by atoms with Gasteiger partial charge in [0.25, 0.3) is 0 Å². The number of methoxy groups -OCH3 is 1. The zero-order valence-corrected chi connectivity index (χ0v) is 9.43. The molecular weight excluding hydrogens is 220 g/mol. The maximum Gasteiger partial charge on any atom is 0.336 e. The lowest BCUT2D eigenvalue weighted by atomic mass is 10.2. The fourth-order valence-electron chi connectivity index (χ4n) is 1.53. The first-order valence-electron chi connectivity index (χ1n) is 5.10. The van der Waals surface area contributed by atoms with Crippen LogP contribution in [0.2, 0.25) is 0 Å². The lowest BCUT2D eigenvalue weighted by molar-refractivity contribution is 0.357. The first-order chi connectivity index (χ1) is 8.24. The summed E-state index contributed by atoms with van der Waals surface area (Å²) in [5, 5.41) is 0.734. The molecule has 1 aromatic heterocycles. The normalized spacial score (nSPS) is 10.2. The van der Waals surface area contributed by atoms with Gasteiger partial charge < -0.3 is 13.9 Å². The highest BCUT2D eigenvalue weighted by Crippen LogP contribution is 2.30. The maximum atomic E-state index is 11.1. The molecule has 1 heterocycles. The Morgan fingerprint density at radius 3 is 2.94 bits per heavy atom. The van der Waals surface area contributed by atoms with E-state index in [2.05, 4.69) is 6.58 Å². The van der Waals surface area contributed by atoms with Crippen molar-refractivity contribution in [3.8, 4) is 11.5 Å². The summed E-state index contributed by atoms with van der Waals surface area (Å²) in [7, 11) is 1.55. The molecule has 17 heavy (non-hydrogen) atoms. The minimum atomic E-state index is -0.402. The van der Waals surface area contributed by atoms with Crippen LogP contribution < -0.4 is 15.1 Å². The molecule has 0 saturated carbocycles. The highest BCUT2D eigenvalue weighted by atomic mass is 16.5. The van der Waals surface area contributed by atoms with Gasteiger partial charge in [0.15, 0.2) is 0 Å². The van der Waals surface area contributed by atoms with Crippen molar-refractivity contribution in [2.75, 3.05) is 13.7 Å². The monoisotopic (exact) mass is 232 g/mol. The molecule has 0 bridgehead atoms. The average molecular weight is 232 g/mol. The zero-order valence-electron chi connectivity index (χ0n) is 9.43. The highest BCUT2D eigenvalue weighted by molar-refractivity contribution is 5.84. The van der Waals surface area contributed by atoms with Crippen LogP contribution in [0.4, 0.5) is 0 Å². The number of hydrogen-bond donors (Lipinski definition) is 0. The van der Waals surface area contributed by atoms with Gasteiger partial charge in [-0.2, -0.15) is 0 Å². The van der Waals surface area contributed by atoms with E-state index in [-0.39, 0.29) is 0 Å². The van der Waals surface area contributed by atoms with E-state index in [1.54, 1.807) is 31.4 Å². The number of fused-ring (bicyclic) bond motifs is 1. The van der Waals surface area contributed by atoms with E-state index in [9.17, 15) is 4.79 Å². The Kier molecular flexibility index (Phi) is 3.14. The molecule has 0 N–H and O–H groups in total. The lowest BCUT2D eigenvalue weighted by Crippen LogP contribution is -1.98. The van der Waals surface area contributed by atoms with E-state index in [0.717, 1.165) is 5.39 Å². The largest absolute Gasteiger partial charge is 0.496 e. The molecule has 0 radical (unpaired) electrons. The molecule has 2 aromatic rings. The van der Waals surface area contributed by atoms with Crippen LogP contribution in [0.5, 0.6) is 11.5 Å². The summed E-state index contributed by atoms with van der Waals surface area (Å²) in [5.41, 5.74) is 0.0383. The first kappa shape index (κ1) is 11.3. The van der Waals surface area contributed by atoms with Gasteiger partial charge in [-0.25, -0.2) is 4.79 Å². The fraction of sp³-hybridized carbons (Fsp3) is 0.154. The van der Waals surface area contributed by atoms with Crippen LogP contribution in [0.15, 0.2) is 46.1 Å². The van der Waals surface area contributed by atoms with Gasteiger partial charge in [0, 0.05) is 18.2 Å². The van der Waals surface area contributed by atoms with Crippen molar-refractivity contribution in [1.29, 1.82) is 0 Å². The van der Waals surface area contributed by atoms with Crippen molar-refractivity contribution in [2.45, 2.75) is 0 Å². The topological polar surface area (TPSA) is 48.7 Å². The van der Waals surface area contributed by atoms with Crippen molar-refractivity contribution in [3.05, 3.63) is 47.3 Å². The van der Waals surface area contributed by atoms with E-state index >= 15 is 0 Å². The van der Waals surface area contributed by atoms with E-state index in [4.69, 9.17) is 13.9 Å². The van der Waals surface area contributed by atoms with E-state index in [1.807, 2.05) is 0 Å². The van der Waals surface area contributed by atoms with Crippen molar-refractivity contribution in [3.63, 3.8) is 0 Å². The molecule has 0 unspecified atom stereocenters. The molecule has 1 aromatic carbocycles. The molecule has 0 aliphatic carbocycles. The second kappa shape index (κ2) is 4.74. The Bertz CT molecular complexity index is 598. The molecule has 0 aliphatic rings. The predicted molar refractivity (Wildman–Crippen MR) is 64.7 cm³/mol. The van der Waals surface area contributed by atoms with Gasteiger partial charge in [0.1, 0.15) is 23.7 Å². The summed E-state index contributed by atoms with van der Waals surface area (Å²) in [6.45, 7) is 3.95. The molecule has 0 spiro atoms.